The first kappa shape index (κ1) is 16.3. The summed E-state index contributed by atoms with van der Waals surface area (Å²) in [7, 11) is 0. The van der Waals surface area contributed by atoms with Crippen LogP contribution in [0.2, 0.25) is 0 Å². The van der Waals surface area contributed by atoms with Gasteiger partial charge in [-0.3, -0.25) is 4.79 Å². The molecule has 7 heteroatoms. The molecule has 0 spiro atoms. The average Bonchev–Trinajstić information content (AvgIpc) is 2.49. The molecule has 0 fully saturated rings. The number of nitrogens with one attached hydrogen (secondary N) is 1. The summed E-state index contributed by atoms with van der Waals surface area (Å²) in [4.78, 5) is 15.7. The van der Waals surface area contributed by atoms with Gasteiger partial charge in [-0.1, -0.05) is 20.8 Å². The van der Waals surface area contributed by atoms with E-state index in [4.69, 9.17) is 5.73 Å². The predicted octanol–water partition coefficient (Wildman–Crippen LogP) is 1.93. The van der Waals surface area contributed by atoms with Crippen molar-refractivity contribution in [3.63, 3.8) is 0 Å². The summed E-state index contributed by atoms with van der Waals surface area (Å²) in [5.41, 5.74) is 5.43. The number of carbonyl (C=O) groups is 1. The zero-order chi connectivity index (χ0) is 12.3. The molecule has 3 N–H and O–H groups in total. The lowest BCUT2D eigenvalue weighted by Gasteiger charge is -2.12. The Bertz CT molecular complexity index is 373. The number of amides is 1. The molecule has 0 saturated heterocycles. The highest BCUT2D eigenvalue weighted by molar-refractivity contribution is 7.09. The van der Waals surface area contributed by atoms with Gasteiger partial charge in [0, 0.05) is 29.4 Å². The number of hydrogen-bond acceptors (Lipinski definition) is 5. The molecule has 0 saturated carbocycles. The summed E-state index contributed by atoms with van der Waals surface area (Å²) in [5, 5.41) is 3.23. The topological polar surface area (TPSA) is 80.9 Å². The van der Waals surface area contributed by atoms with E-state index in [2.05, 4.69) is 14.7 Å². The van der Waals surface area contributed by atoms with Gasteiger partial charge in [-0.25, -0.2) is 4.98 Å². The van der Waals surface area contributed by atoms with Gasteiger partial charge in [0.1, 0.15) is 5.82 Å². The lowest BCUT2D eigenvalue weighted by Crippen LogP contribution is -2.24. The quantitative estimate of drug-likeness (QED) is 0.885. The van der Waals surface area contributed by atoms with Gasteiger partial charge in [-0.05, 0) is 6.92 Å². The maximum absolute atomic E-state index is 11.4. The number of nitrogens with two attached hydrogens (primary N) is 1. The second-order valence-corrected chi connectivity index (χ2v) is 5.65. The summed E-state index contributed by atoms with van der Waals surface area (Å²) < 4.78 is 4.20. The van der Waals surface area contributed by atoms with Gasteiger partial charge in [0.05, 0.1) is 0 Å². The lowest BCUT2D eigenvalue weighted by atomic mass is 9.96. The van der Waals surface area contributed by atoms with Crippen LogP contribution in [0.3, 0.4) is 0 Å². The number of hydrogen-bond donors (Lipinski definition) is 2. The van der Waals surface area contributed by atoms with Crippen molar-refractivity contribution in [2.75, 3.05) is 5.32 Å². The molecule has 1 aromatic rings. The third-order valence-corrected chi connectivity index (χ3v) is 2.48. The van der Waals surface area contributed by atoms with E-state index in [1.54, 1.807) is 6.92 Å². The first-order chi connectivity index (χ1) is 7.29. The molecule has 0 radical (unpaired) electrons. The smallest absolute Gasteiger partial charge is 0.227 e. The van der Waals surface area contributed by atoms with Crippen molar-refractivity contribution in [2.45, 2.75) is 45.6 Å². The fraction of sp³-hybridized carbons (Fsp3) is 0.700. The van der Waals surface area contributed by atoms with Crippen LogP contribution in [-0.2, 0) is 10.2 Å². The molecule has 0 aliphatic heterocycles. The van der Waals surface area contributed by atoms with Gasteiger partial charge in [0.25, 0.3) is 0 Å². The molecule has 0 bridgehead atoms. The van der Waals surface area contributed by atoms with E-state index in [0.29, 0.717) is 11.6 Å². The minimum atomic E-state index is -0.144. The summed E-state index contributed by atoms with van der Waals surface area (Å²) in [6, 6.07) is -0.144. The fourth-order valence-electron chi connectivity index (χ4n) is 1.04. The summed E-state index contributed by atoms with van der Waals surface area (Å²) in [6.45, 7) is 7.88. The largest absolute Gasteiger partial charge is 0.327 e. The molecule has 17 heavy (non-hydrogen) atoms. The number of anilines is 1. The number of nitrogens with zero attached hydrogens (tertiary/aromatic N) is 2. The maximum Gasteiger partial charge on any atom is 0.227 e. The van der Waals surface area contributed by atoms with Crippen molar-refractivity contribution in [1.82, 2.24) is 9.36 Å². The summed E-state index contributed by atoms with van der Waals surface area (Å²) in [5.74, 6) is 0.625. The minimum Gasteiger partial charge on any atom is -0.327 e. The Kier molecular flexibility index (Phi) is 6.01. The van der Waals surface area contributed by atoms with Crippen molar-refractivity contribution in [3.8, 4) is 0 Å². The SMILES string of the molecule is CC(N)CC(=O)Nc1nc(C(C)(C)C)ns1.Cl. The van der Waals surface area contributed by atoms with Crippen LogP contribution in [0, 0.1) is 0 Å². The van der Waals surface area contributed by atoms with E-state index in [-0.39, 0.29) is 29.8 Å². The predicted molar refractivity (Wildman–Crippen MR) is 72.8 cm³/mol. The molecule has 1 heterocycles. The summed E-state index contributed by atoms with van der Waals surface area (Å²) in [6.07, 6.45) is 0.296. The van der Waals surface area contributed by atoms with Crippen molar-refractivity contribution in [1.29, 1.82) is 0 Å². The van der Waals surface area contributed by atoms with Crippen LogP contribution in [0.1, 0.15) is 39.9 Å². The van der Waals surface area contributed by atoms with E-state index < -0.39 is 0 Å². The minimum absolute atomic E-state index is 0. The van der Waals surface area contributed by atoms with Crippen LogP contribution in [-0.4, -0.2) is 21.3 Å². The zero-order valence-corrected chi connectivity index (χ0v) is 12.1. The van der Waals surface area contributed by atoms with Crippen LogP contribution in [0.4, 0.5) is 5.13 Å². The molecular weight excluding hydrogens is 260 g/mol. The number of rotatable bonds is 3. The number of aromatic nitrogens is 2. The van der Waals surface area contributed by atoms with Gasteiger partial charge in [-0.2, -0.15) is 4.37 Å². The molecule has 1 aromatic heterocycles. The van der Waals surface area contributed by atoms with Crippen molar-refractivity contribution in [2.24, 2.45) is 5.73 Å². The van der Waals surface area contributed by atoms with Gasteiger partial charge in [0.2, 0.25) is 11.0 Å². The Morgan fingerprint density at radius 2 is 2.12 bits per heavy atom. The second kappa shape index (κ2) is 6.28. The lowest BCUT2D eigenvalue weighted by molar-refractivity contribution is -0.116. The number of halogens is 1. The first-order valence-corrected chi connectivity index (χ1v) is 5.96. The van der Waals surface area contributed by atoms with E-state index in [1.165, 1.54) is 11.5 Å². The van der Waals surface area contributed by atoms with Crippen LogP contribution < -0.4 is 11.1 Å². The normalized spacial score (nSPS) is 12.8. The van der Waals surface area contributed by atoms with E-state index in [1.807, 2.05) is 20.8 Å². The Hall–Kier alpha value is -0.720. The zero-order valence-electron chi connectivity index (χ0n) is 10.5. The molecule has 98 valence electrons. The molecule has 1 unspecified atom stereocenters. The molecule has 0 aliphatic rings. The molecule has 1 amide bonds. The van der Waals surface area contributed by atoms with Gasteiger partial charge >= 0.3 is 0 Å². The monoisotopic (exact) mass is 278 g/mol. The van der Waals surface area contributed by atoms with E-state index >= 15 is 0 Å². The standard InChI is InChI=1S/C10H18N4OS.ClH/c1-6(11)5-7(15)12-9-13-8(14-16-9)10(2,3)4;/h6H,5,11H2,1-4H3,(H,12,13,14,15);1H. The Balaban J connectivity index is 0.00000256. The van der Waals surface area contributed by atoms with Crippen LogP contribution in [0.25, 0.3) is 0 Å². The average molecular weight is 279 g/mol. The van der Waals surface area contributed by atoms with E-state index in [9.17, 15) is 4.79 Å². The highest BCUT2D eigenvalue weighted by atomic mass is 35.5. The molecule has 1 rings (SSSR count). The Morgan fingerprint density at radius 1 is 1.53 bits per heavy atom. The van der Waals surface area contributed by atoms with Crippen molar-refractivity contribution >= 4 is 35.0 Å². The van der Waals surface area contributed by atoms with Crippen LogP contribution in [0.15, 0.2) is 0 Å². The van der Waals surface area contributed by atoms with Gasteiger partial charge < -0.3 is 11.1 Å². The molecule has 0 aromatic carbocycles. The Labute approximate surface area is 112 Å². The number of carbonyl (C=O) groups excluding carboxylic acids is 1. The fourth-order valence-corrected chi connectivity index (χ4v) is 1.82. The van der Waals surface area contributed by atoms with Crippen molar-refractivity contribution in [3.05, 3.63) is 5.82 Å². The molecule has 1 atom stereocenters. The first-order valence-electron chi connectivity index (χ1n) is 5.18. The second-order valence-electron chi connectivity index (χ2n) is 4.90. The van der Waals surface area contributed by atoms with Crippen LogP contribution in [0.5, 0.6) is 0 Å². The molecule has 0 aliphatic carbocycles. The Morgan fingerprint density at radius 3 is 2.53 bits per heavy atom. The highest BCUT2D eigenvalue weighted by Crippen LogP contribution is 2.22. The van der Waals surface area contributed by atoms with Gasteiger partial charge in [-0.15, -0.1) is 12.4 Å². The third kappa shape index (κ3) is 5.43. The third-order valence-electron chi connectivity index (χ3n) is 1.85. The molecular formula is C10H19ClN4OS. The maximum atomic E-state index is 11.4. The highest BCUT2D eigenvalue weighted by Gasteiger charge is 2.20. The van der Waals surface area contributed by atoms with Crippen LogP contribution >= 0.6 is 23.9 Å². The molecule has 5 nitrogen and oxygen atoms in total. The van der Waals surface area contributed by atoms with Crippen molar-refractivity contribution < 1.29 is 4.79 Å². The van der Waals surface area contributed by atoms with E-state index in [0.717, 1.165) is 5.82 Å². The summed E-state index contributed by atoms with van der Waals surface area (Å²) >= 11 is 1.20. The van der Waals surface area contributed by atoms with Gasteiger partial charge in [0.15, 0.2) is 0 Å².